The van der Waals surface area contributed by atoms with Crippen molar-refractivity contribution in [1.29, 1.82) is 0 Å². The third kappa shape index (κ3) is 2.34. The lowest BCUT2D eigenvalue weighted by Crippen LogP contribution is -2.29. The molecule has 1 aromatic heterocycles. The minimum atomic E-state index is 0.601. The average Bonchev–Trinajstić information content (AvgIpc) is 3.04. The van der Waals surface area contributed by atoms with Gasteiger partial charge in [-0.15, -0.1) is 0 Å². The smallest absolute Gasteiger partial charge is 0.195 e. The maximum Gasteiger partial charge on any atom is 0.195 e. The normalized spacial score (nSPS) is 19.5. The van der Waals surface area contributed by atoms with Crippen molar-refractivity contribution in [1.82, 2.24) is 10.3 Å². The first kappa shape index (κ1) is 11.5. The molecule has 3 rings (SSSR count). The molecule has 1 saturated heterocycles. The van der Waals surface area contributed by atoms with Crippen LogP contribution in [0.3, 0.4) is 0 Å². The van der Waals surface area contributed by atoms with Gasteiger partial charge in [-0.05, 0) is 37.6 Å². The Morgan fingerprint density at radius 2 is 2.44 bits per heavy atom. The molecule has 1 fully saturated rings. The summed E-state index contributed by atoms with van der Waals surface area (Å²) in [5.74, 6) is 0.805. The molecule has 18 heavy (non-hydrogen) atoms. The monoisotopic (exact) mass is 245 g/mol. The van der Waals surface area contributed by atoms with Crippen molar-refractivity contribution in [2.45, 2.75) is 32.2 Å². The summed E-state index contributed by atoms with van der Waals surface area (Å²) in [6.45, 7) is 4.17. The van der Waals surface area contributed by atoms with Crippen LogP contribution >= 0.6 is 0 Å². The van der Waals surface area contributed by atoms with Crippen LogP contribution in [0, 0.1) is 0 Å². The molecule has 2 N–H and O–H groups in total. The summed E-state index contributed by atoms with van der Waals surface area (Å²) in [5.41, 5.74) is 2.93. The van der Waals surface area contributed by atoms with Crippen molar-refractivity contribution in [3.63, 3.8) is 0 Å². The molecule has 1 aliphatic heterocycles. The number of aryl methyl sites for hydroxylation is 1. The summed E-state index contributed by atoms with van der Waals surface area (Å²) in [5, 5.41) is 6.94. The lowest BCUT2D eigenvalue weighted by Gasteiger charge is -2.12. The van der Waals surface area contributed by atoms with Gasteiger partial charge in [0.05, 0.1) is 0 Å². The third-order valence-electron chi connectivity index (χ3n) is 3.45. The largest absolute Gasteiger partial charge is 0.441 e. The summed E-state index contributed by atoms with van der Waals surface area (Å²) < 4.78 is 5.60. The molecular formula is C14H19N3O. The summed E-state index contributed by atoms with van der Waals surface area (Å²) >= 11 is 0. The van der Waals surface area contributed by atoms with Crippen LogP contribution in [0.25, 0.3) is 11.1 Å². The van der Waals surface area contributed by atoms with Crippen molar-refractivity contribution in [3.8, 4) is 0 Å². The first-order valence-corrected chi connectivity index (χ1v) is 6.72. The van der Waals surface area contributed by atoms with Gasteiger partial charge in [0.2, 0.25) is 0 Å². The van der Waals surface area contributed by atoms with E-state index in [1.54, 1.807) is 0 Å². The summed E-state index contributed by atoms with van der Waals surface area (Å²) in [7, 11) is 0. The fourth-order valence-corrected chi connectivity index (χ4v) is 2.41. The quantitative estimate of drug-likeness (QED) is 0.869. The molecule has 0 radical (unpaired) electrons. The number of fused-ring (bicyclic) bond motifs is 1. The van der Waals surface area contributed by atoms with Crippen molar-refractivity contribution in [2.24, 2.45) is 0 Å². The fraction of sp³-hybridized carbons (Fsp3) is 0.500. The van der Waals surface area contributed by atoms with Gasteiger partial charge >= 0.3 is 0 Å². The maximum absolute atomic E-state index is 5.60. The van der Waals surface area contributed by atoms with Crippen molar-refractivity contribution < 1.29 is 4.42 Å². The minimum absolute atomic E-state index is 0.601. The number of anilines is 1. The Kier molecular flexibility index (Phi) is 3.19. The third-order valence-corrected chi connectivity index (χ3v) is 3.45. The highest BCUT2D eigenvalue weighted by Gasteiger charge is 2.13. The molecule has 0 amide bonds. The van der Waals surface area contributed by atoms with E-state index in [0.717, 1.165) is 42.2 Å². The van der Waals surface area contributed by atoms with Gasteiger partial charge in [0, 0.05) is 24.7 Å². The second-order valence-electron chi connectivity index (χ2n) is 4.82. The van der Waals surface area contributed by atoms with E-state index in [9.17, 15) is 0 Å². The van der Waals surface area contributed by atoms with E-state index in [4.69, 9.17) is 4.42 Å². The zero-order chi connectivity index (χ0) is 12.4. The van der Waals surface area contributed by atoms with Gasteiger partial charge in [-0.25, -0.2) is 4.98 Å². The average molecular weight is 245 g/mol. The van der Waals surface area contributed by atoms with Gasteiger partial charge in [0.1, 0.15) is 5.52 Å². The van der Waals surface area contributed by atoms with E-state index < -0.39 is 0 Å². The summed E-state index contributed by atoms with van der Waals surface area (Å²) in [6, 6.07) is 6.71. The number of aromatic nitrogens is 1. The molecule has 2 heterocycles. The Morgan fingerprint density at radius 3 is 3.22 bits per heavy atom. The molecule has 1 unspecified atom stereocenters. The molecule has 0 aliphatic carbocycles. The van der Waals surface area contributed by atoms with Crippen LogP contribution in [-0.2, 0) is 6.42 Å². The van der Waals surface area contributed by atoms with Gasteiger partial charge in [-0.2, -0.15) is 0 Å². The minimum Gasteiger partial charge on any atom is -0.441 e. The molecule has 0 bridgehead atoms. The highest BCUT2D eigenvalue weighted by molar-refractivity contribution is 5.77. The van der Waals surface area contributed by atoms with E-state index in [0.29, 0.717) is 6.04 Å². The molecule has 1 atom stereocenters. The number of benzene rings is 1. The number of nitrogens with one attached hydrogen (secondary N) is 2. The predicted molar refractivity (Wildman–Crippen MR) is 72.9 cm³/mol. The van der Waals surface area contributed by atoms with Crippen LogP contribution in [-0.4, -0.2) is 24.1 Å². The zero-order valence-corrected chi connectivity index (χ0v) is 10.7. The first-order chi connectivity index (χ1) is 8.85. The topological polar surface area (TPSA) is 50.1 Å². The molecule has 2 aromatic rings. The van der Waals surface area contributed by atoms with E-state index in [1.165, 1.54) is 12.8 Å². The van der Waals surface area contributed by atoms with Crippen molar-refractivity contribution >= 4 is 16.8 Å². The number of oxazole rings is 1. The van der Waals surface area contributed by atoms with Gasteiger partial charge in [-0.1, -0.05) is 6.92 Å². The summed E-state index contributed by atoms with van der Waals surface area (Å²) in [4.78, 5) is 4.45. The molecule has 1 aliphatic rings. The lowest BCUT2D eigenvalue weighted by molar-refractivity contribution is 0.538. The summed E-state index contributed by atoms with van der Waals surface area (Å²) in [6.07, 6.45) is 3.39. The van der Waals surface area contributed by atoms with Gasteiger partial charge < -0.3 is 15.1 Å². The Bertz CT molecular complexity index is 529. The molecular weight excluding hydrogens is 226 g/mol. The second kappa shape index (κ2) is 4.98. The van der Waals surface area contributed by atoms with E-state index >= 15 is 0 Å². The van der Waals surface area contributed by atoms with E-state index in [2.05, 4.69) is 34.7 Å². The van der Waals surface area contributed by atoms with Crippen LogP contribution in [0.15, 0.2) is 22.6 Å². The first-order valence-electron chi connectivity index (χ1n) is 6.72. The van der Waals surface area contributed by atoms with Crippen LogP contribution in [0.1, 0.15) is 25.7 Å². The van der Waals surface area contributed by atoms with Crippen LogP contribution < -0.4 is 10.6 Å². The highest BCUT2D eigenvalue weighted by atomic mass is 16.3. The lowest BCUT2D eigenvalue weighted by atomic mass is 10.2. The second-order valence-corrected chi connectivity index (χ2v) is 4.82. The number of hydrogen-bond acceptors (Lipinski definition) is 4. The molecule has 1 aromatic carbocycles. The standard InChI is InChI=1S/C14H19N3O/c1-2-14-17-12-8-10(5-6-13(12)18-14)16-9-11-4-3-7-15-11/h5-6,8,11,15-16H,2-4,7,9H2,1H3. The fourth-order valence-electron chi connectivity index (χ4n) is 2.41. The van der Waals surface area contributed by atoms with E-state index in [1.807, 2.05) is 6.07 Å². The van der Waals surface area contributed by atoms with Crippen molar-refractivity contribution in [2.75, 3.05) is 18.4 Å². The Labute approximate surface area is 107 Å². The van der Waals surface area contributed by atoms with Crippen LogP contribution in [0.2, 0.25) is 0 Å². The van der Waals surface area contributed by atoms with Crippen LogP contribution in [0.5, 0.6) is 0 Å². The van der Waals surface area contributed by atoms with Gasteiger partial charge in [-0.3, -0.25) is 0 Å². The van der Waals surface area contributed by atoms with Gasteiger partial charge in [0.25, 0.3) is 0 Å². The van der Waals surface area contributed by atoms with Crippen LogP contribution in [0.4, 0.5) is 5.69 Å². The Hall–Kier alpha value is -1.55. The number of hydrogen-bond donors (Lipinski definition) is 2. The van der Waals surface area contributed by atoms with Crippen molar-refractivity contribution in [3.05, 3.63) is 24.1 Å². The zero-order valence-electron chi connectivity index (χ0n) is 10.7. The predicted octanol–water partition coefficient (Wildman–Crippen LogP) is 2.55. The van der Waals surface area contributed by atoms with Gasteiger partial charge in [0.15, 0.2) is 11.5 Å². The molecule has 0 saturated carbocycles. The molecule has 4 heteroatoms. The Balaban J connectivity index is 1.71. The number of rotatable bonds is 4. The molecule has 0 spiro atoms. The maximum atomic E-state index is 5.60. The molecule has 4 nitrogen and oxygen atoms in total. The van der Waals surface area contributed by atoms with E-state index in [-0.39, 0.29) is 0 Å². The number of nitrogens with zero attached hydrogens (tertiary/aromatic N) is 1. The Morgan fingerprint density at radius 1 is 1.50 bits per heavy atom. The molecule has 96 valence electrons. The SMILES string of the molecule is CCc1nc2cc(NCC3CCCN3)ccc2o1. The highest BCUT2D eigenvalue weighted by Crippen LogP contribution is 2.20.